The first-order valence-corrected chi connectivity index (χ1v) is 8.42. The molecule has 1 aromatic heterocycles. The minimum absolute atomic E-state index is 0.147. The third kappa shape index (κ3) is 4.72. The van der Waals surface area contributed by atoms with Gasteiger partial charge in [0, 0.05) is 18.0 Å². The normalized spacial score (nSPS) is 12.2. The van der Waals surface area contributed by atoms with E-state index in [1.807, 2.05) is 12.1 Å². The molecule has 8 heteroatoms. The first-order chi connectivity index (χ1) is 11.4. The Kier molecular flexibility index (Phi) is 6.22. The Morgan fingerprint density at radius 3 is 2.54 bits per heavy atom. The molecule has 126 valence electrons. The summed E-state index contributed by atoms with van der Waals surface area (Å²) >= 11 is 4.75. The fourth-order valence-corrected chi connectivity index (χ4v) is 3.23. The zero-order valence-electron chi connectivity index (χ0n) is 12.5. The maximum atomic E-state index is 13.4. The van der Waals surface area contributed by atoms with E-state index in [0.29, 0.717) is 0 Å². The molecule has 1 unspecified atom stereocenters. The standard InChI is InChI=1S/C16H13BrF2N2O2S/c1-20-16(23)15(9-2-5-11(18)12(19)8-9)21-14(22)7-4-10-3-6-13(17)24-10/h2-8,15H,1H3,(H,20,23)(H,21,22). The molecule has 2 rings (SSSR count). The highest BCUT2D eigenvalue weighted by atomic mass is 79.9. The van der Waals surface area contributed by atoms with Crippen LogP contribution in [0.4, 0.5) is 8.78 Å². The fraction of sp³-hybridized carbons (Fsp3) is 0.125. The Hall–Kier alpha value is -2.06. The maximum absolute atomic E-state index is 13.4. The molecule has 0 aliphatic heterocycles. The lowest BCUT2D eigenvalue weighted by Crippen LogP contribution is -2.38. The fourth-order valence-electron chi connectivity index (χ4n) is 1.90. The van der Waals surface area contributed by atoms with Gasteiger partial charge in [-0.2, -0.15) is 0 Å². The van der Waals surface area contributed by atoms with Crippen LogP contribution in [0.2, 0.25) is 0 Å². The molecule has 1 heterocycles. The summed E-state index contributed by atoms with van der Waals surface area (Å²) in [5.41, 5.74) is 0.147. The van der Waals surface area contributed by atoms with Crippen molar-refractivity contribution in [1.29, 1.82) is 0 Å². The zero-order valence-corrected chi connectivity index (χ0v) is 14.9. The van der Waals surface area contributed by atoms with Gasteiger partial charge in [0.25, 0.3) is 0 Å². The molecule has 0 spiro atoms. The zero-order chi connectivity index (χ0) is 17.7. The molecule has 4 nitrogen and oxygen atoms in total. The Balaban J connectivity index is 2.16. The van der Waals surface area contributed by atoms with E-state index in [1.54, 1.807) is 6.08 Å². The third-order valence-corrected chi connectivity index (χ3v) is 4.65. The molecular formula is C16H13BrF2N2O2S. The van der Waals surface area contributed by atoms with Gasteiger partial charge in [0.05, 0.1) is 3.79 Å². The van der Waals surface area contributed by atoms with Crippen molar-refractivity contribution in [1.82, 2.24) is 10.6 Å². The molecule has 1 aromatic carbocycles. The van der Waals surface area contributed by atoms with Crippen molar-refractivity contribution in [3.63, 3.8) is 0 Å². The van der Waals surface area contributed by atoms with E-state index < -0.39 is 29.5 Å². The molecule has 0 radical (unpaired) electrons. The van der Waals surface area contributed by atoms with E-state index in [1.165, 1.54) is 30.5 Å². The minimum atomic E-state index is -1.13. The van der Waals surface area contributed by atoms with Crippen LogP contribution in [-0.4, -0.2) is 18.9 Å². The van der Waals surface area contributed by atoms with Crippen LogP contribution in [0.25, 0.3) is 6.08 Å². The number of halogens is 3. The summed E-state index contributed by atoms with van der Waals surface area (Å²) in [5.74, 6) is -3.18. The van der Waals surface area contributed by atoms with E-state index in [9.17, 15) is 18.4 Å². The van der Waals surface area contributed by atoms with Gasteiger partial charge in [0.15, 0.2) is 11.6 Å². The highest BCUT2D eigenvalue weighted by molar-refractivity contribution is 9.11. The highest BCUT2D eigenvalue weighted by Gasteiger charge is 2.22. The smallest absolute Gasteiger partial charge is 0.246 e. The van der Waals surface area contributed by atoms with Gasteiger partial charge in [-0.1, -0.05) is 6.07 Å². The van der Waals surface area contributed by atoms with Crippen LogP contribution in [0.15, 0.2) is 40.2 Å². The van der Waals surface area contributed by atoms with Crippen LogP contribution < -0.4 is 10.6 Å². The van der Waals surface area contributed by atoms with Gasteiger partial charge in [-0.05, 0) is 51.8 Å². The van der Waals surface area contributed by atoms with E-state index >= 15 is 0 Å². The summed E-state index contributed by atoms with van der Waals surface area (Å²) in [6.07, 6.45) is 2.87. The van der Waals surface area contributed by atoms with Gasteiger partial charge in [-0.15, -0.1) is 11.3 Å². The molecule has 0 fully saturated rings. The molecule has 1 atom stereocenters. The van der Waals surface area contributed by atoms with Gasteiger partial charge in [0.2, 0.25) is 11.8 Å². The quantitative estimate of drug-likeness (QED) is 0.736. The summed E-state index contributed by atoms with van der Waals surface area (Å²) in [7, 11) is 1.39. The summed E-state index contributed by atoms with van der Waals surface area (Å²) < 4.78 is 27.3. The Morgan fingerprint density at radius 2 is 1.96 bits per heavy atom. The summed E-state index contributed by atoms with van der Waals surface area (Å²) in [4.78, 5) is 24.8. The largest absolute Gasteiger partial charge is 0.357 e. The number of carbonyl (C=O) groups is 2. The molecule has 0 bridgehead atoms. The predicted molar refractivity (Wildman–Crippen MR) is 92.4 cm³/mol. The molecule has 0 aliphatic rings. The number of rotatable bonds is 5. The average Bonchev–Trinajstić information content (AvgIpc) is 2.98. The second kappa shape index (κ2) is 8.16. The van der Waals surface area contributed by atoms with Crippen molar-refractivity contribution in [3.05, 3.63) is 62.3 Å². The number of nitrogens with one attached hydrogen (secondary N) is 2. The van der Waals surface area contributed by atoms with Crippen molar-refractivity contribution in [3.8, 4) is 0 Å². The minimum Gasteiger partial charge on any atom is -0.357 e. The maximum Gasteiger partial charge on any atom is 0.246 e. The molecule has 2 amide bonds. The van der Waals surface area contributed by atoms with Gasteiger partial charge < -0.3 is 10.6 Å². The van der Waals surface area contributed by atoms with E-state index in [2.05, 4.69) is 26.6 Å². The van der Waals surface area contributed by atoms with Crippen LogP contribution in [-0.2, 0) is 9.59 Å². The molecule has 0 saturated heterocycles. The lowest BCUT2D eigenvalue weighted by molar-refractivity contribution is -0.126. The molecule has 0 aliphatic carbocycles. The van der Waals surface area contributed by atoms with Gasteiger partial charge in [-0.3, -0.25) is 9.59 Å². The second-order valence-corrected chi connectivity index (χ2v) is 7.20. The first-order valence-electron chi connectivity index (χ1n) is 6.81. The number of hydrogen-bond acceptors (Lipinski definition) is 3. The van der Waals surface area contributed by atoms with Crippen molar-refractivity contribution < 1.29 is 18.4 Å². The van der Waals surface area contributed by atoms with Crippen LogP contribution in [0.1, 0.15) is 16.5 Å². The SMILES string of the molecule is CNC(=O)C(NC(=O)C=Cc1ccc(Br)s1)c1ccc(F)c(F)c1. The van der Waals surface area contributed by atoms with Crippen LogP contribution in [0.3, 0.4) is 0 Å². The Morgan fingerprint density at radius 1 is 1.21 bits per heavy atom. The summed E-state index contributed by atoms with van der Waals surface area (Å²) in [6.45, 7) is 0. The van der Waals surface area contributed by atoms with Gasteiger partial charge >= 0.3 is 0 Å². The molecule has 0 saturated carbocycles. The monoisotopic (exact) mass is 414 g/mol. The lowest BCUT2D eigenvalue weighted by Gasteiger charge is -2.17. The highest BCUT2D eigenvalue weighted by Crippen LogP contribution is 2.23. The number of hydrogen-bond donors (Lipinski definition) is 2. The Bertz CT molecular complexity index is 792. The van der Waals surface area contributed by atoms with Crippen molar-refractivity contribution >= 4 is 45.2 Å². The van der Waals surface area contributed by atoms with Crippen LogP contribution >= 0.6 is 27.3 Å². The number of likely N-dealkylation sites (N-methyl/N-ethyl adjacent to an activating group) is 1. The lowest BCUT2D eigenvalue weighted by atomic mass is 10.1. The van der Waals surface area contributed by atoms with Crippen molar-refractivity contribution in [2.75, 3.05) is 7.05 Å². The topological polar surface area (TPSA) is 58.2 Å². The van der Waals surface area contributed by atoms with E-state index in [-0.39, 0.29) is 5.56 Å². The molecule has 24 heavy (non-hydrogen) atoms. The third-order valence-electron chi connectivity index (χ3n) is 3.07. The number of carbonyl (C=O) groups excluding carboxylic acids is 2. The second-order valence-electron chi connectivity index (χ2n) is 4.70. The Labute approximate surface area is 149 Å². The van der Waals surface area contributed by atoms with Crippen LogP contribution in [0.5, 0.6) is 0 Å². The van der Waals surface area contributed by atoms with E-state index in [4.69, 9.17) is 0 Å². The summed E-state index contributed by atoms with van der Waals surface area (Å²) in [6, 6.07) is 5.58. The van der Waals surface area contributed by atoms with Crippen LogP contribution in [0, 0.1) is 11.6 Å². The average molecular weight is 415 g/mol. The van der Waals surface area contributed by atoms with Crippen molar-refractivity contribution in [2.45, 2.75) is 6.04 Å². The van der Waals surface area contributed by atoms with Crippen molar-refractivity contribution in [2.24, 2.45) is 0 Å². The summed E-state index contributed by atoms with van der Waals surface area (Å²) in [5, 5.41) is 4.86. The molecule has 2 N–H and O–H groups in total. The van der Waals surface area contributed by atoms with Gasteiger partial charge in [0.1, 0.15) is 6.04 Å². The van der Waals surface area contributed by atoms with Gasteiger partial charge in [-0.25, -0.2) is 8.78 Å². The molecule has 2 aromatic rings. The number of thiophene rings is 1. The van der Waals surface area contributed by atoms with E-state index in [0.717, 1.165) is 20.8 Å². The predicted octanol–water partition coefficient (Wildman–Crippen LogP) is 3.41. The molecular weight excluding hydrogens is 402 g/mol. The first kappa shape index (κ1) is 18.3. The number of benzene rings is 1. The number of amides is 2.